The summed E-state index contributed by atoms with van der Waals surface area (Å²) >= 11 is 5.89. The Morgan fingerprint density at radius 1 is 1.28 bits per heavy atom. The Kier molecular flexibility index (Phi) is 3.32. The molecule has 2 N–H and O–H groups in total. The molecule has 5 nitrogen and oxygen atoms in total. The molecule has 1 fully saturated rings. The van der Waals surface area contributed by atoms with Crippen molar-refractivity contribution in [3.05, 3.63) is 11.6 Å². The van der Waals surface area contributed by atoms with Crippen molar-refractivity contribution in [1.29, 1.82) is 0 Å². The molecule has 18 heavy (non-hydrogen) atoms. The zero-order valence-corrected chi connectivity index (χ0v) is 10.9. The van der Waals surface area contributed by atoms with Crippen molar-refractivity contribution < 1.29 is 0 Å². The number of aromatic amines is 1. The van der Waals surface area contributed by atoms with Crippen LogP contribution in [0.2, 0.25) is 5.28 Å². The highest BCUT2D eigenvalue weighted by molar-refractivity contribution is 6.28. The number of H-pyrrole nitrogens is 1. The van der Waals surface area contributed by atoms with Crippen molar-refractivity contribution in [2.75, 3.05) is 11.9 Å². The van der Waals surface area contributed by atoms with Gasteiger partial charge in [-0.05, 0) is 30.4 Å². The first-order chi connectivity index (χ1) is 8.83. The van der Waals surface area contributed by atoms with Crippen molar-refractivity contribution in [3.63, 3.8) is 0 Å². The molecular weight excluding hydrogens is 250 g/mol. The first-order valence-corrected chi connectivity index (χ1v) is 6.81. The summed E-state index contributed by atoms with van der Waals surface area (Å²) in [5.41, 5.74) is 1.44. The molecule has 2 aromatic heterocycles. The topological polar surface area (TPSA) is 66.5 Å². The SMILES string of the molecule is Clc1nc(NCC2CCCCC2)c2nc[nH]c2n1. The van der Waals surface area contributed by atoms with E-state index in [0.717, 1.165) is 23.8 Å². The fraction of sp³-hybridized carbons (Fsp3) is 0.583. The fourth-order valence-corrected chi connectivity index (χ4v) is 2.73. The lowest BCUT2D eigenvalue weighted by molar-refractivity contribution is 0.373. The van der Waals surface area contributed by atoms with Gasteiger partial charge in [-0.2, -0.15) is 9.97 Å². The maximum absolute atomic E-state index is 5.89. The number of hydrogen-bond donors (Lipinski definition) is 2. The molecule has 0 amide bonds. The van der Waals surface area contributed by atoms with Gasteiger partial charge in [0.05, 0.1) is 6.33 Å². The number of halogens is 1. The first-order valence-electron chi connectivity index (χ1n) is 6.43. The van der Waals surface area contributed by atoms with Crippen LogP contribution >= 0.6 is 11.6 Å². The number of anilines is 1. The van der Waals surface area contributed by atoms with Crippen LogP contribution in [0.15, 0.2) is 6.33 Å². The average molecular weight is 266 g/mol. The van der Waals surface area contributed by atoms with Crippen LogP contribution in [0.25, 0.3) is 11.2 Å². The van der Waals surface area contributed by atoms with Gasteiger partial charge in [-0.3, -0.25) is 0 Å². The highest BCUT2D eigenvalue weighted by atomic mass is 35.5. The quantitative estimate of drug-likeness (QED) is 0.838. The molecule has 0 unspecified atom stereocenters. The molecule has 96 valence electrons. The molecule has 0 spiro atoms. The minimum atomic E-state index is 0.248. The van der Waals surface area contributed by atoms with Crippen LogP contribution in [-0.4, -0.2) is 26.5 Å². The zero-order valence-electron chi connectivity index (χ0n) is 10.1. The Balaban J connectivity index is 1.75. The minimum absolute atomic E-state index is 0.248. The Hall–Kier alpha value is -1.36. The van der Waals surface area contributed by atoms with E-state index in [0.29, 0.717) is 5.65 Å². The maximum atomic E-state index is 5.89. The van der Waals surface area contributed by atoms with Crippen LogP contribution in [0.5, 0.6) is 0 Å². The largest absolute Gasteiger partial charge is 0.368 e. The molecular formula is C12H16ClN5. The van der Waals surface area contributed by atoms with Gasteiger partial charge in [0, 0.05) is 6.54 Å². The molecule has 6 heteroatoms. The Morgan fingerprint density at radius 3 is 2.94 bits per heavy atom. The summed E-state index contributed by atoms with van der Waals surface area (Å²) in [5, 5.41) is 3.61. The number of nitrogens with one attached hydrogen (secondary N) is 2. The molecule has 0 aliphatic heterocycles. The molecule has 0 bridgehead atoms. The lowest BCUT2D eigenvalue weighted by Gasteiger charge is -2.21. The van der Waals surface area contributed by atoms with Gasteiger partial charge in [-0.15, -0.1) is 0 Å². The summed E-state index contributed by atoms with van der Waals surface area (Å²) in [6.45, 7) is 0.940. The van der Waals surface area contributed by atoms with E-state index in [4.69, 9.17) is 11.6 Å². The van der Waals surface area contributed by atoms with Gasteiger partial charge in [0.2, 0.25) is 5.28 Å². The van der Waals surface area contributed by atoms with E-state index in [1.54, 1.807) is 6.33 Å². The van der Waals surface area contributed by atoms with Crippen LogP contribution in [-0.2, 0) is 0 Å². The molecule has 0 radical (unpaired) electrons. The molecule has 1 saturated carbocycles. The molecule has 1 aliphatic carbocycles. The molecule has 0 aromatic carbocycles. The lowest BCUT2D eigenvalue weighted by Crippen LogP contribution is -2.18. The van der Waals surface area contributed by atoms with Gasteiger partial charge in [-0.1, -0.05) is 19.3 Å². The van der Waals surface area contributed by atoms with Crippen molar-refractivity contribution >= 4 is 28.6 Å². The van der Waals surface area contributed by atoms with Crippen molar-refractivity contribution in [3.8, 4) is 0 Å². The monoisotopic (exact) mass is 265 g/mol. The van der Waals surface area contributed by atoms with Gasteiger partial charge in [-0.25, -0.2) is 4.98 Å². The molecule has 2 heterocycles. The first kappa shape index (κ1) is 11.7. The van der Waals surface area contributed by atoms with E-state index in [1.807, 2.05) is 0 Å². The minimum Gasteiger partial charge on any atom is -0.368 e. The third-order valence-electron chi connectivity index (χ3n) is 3.53. The van der Waals surface area contributed by atoms with Crippen LogP contribution < -0.4 is 5.32 Å². The standard InChI is InChI=1S/C12H16ClN5/c13-12-17-10(9-11(18-12)16-7-15-9)14-6-8-4-2-1-3-5-8/h7-8H,1-6H2,(H2,14,15,16,17,18). The smallest absolute Gasteiger partial charge is 0.226 e. The summed E-state index contributed by atoms with van der Waals surface area (Å²) in [7, 11) is 0. The van der Waals surface area contributed by atoms with Gasteiger partial charge >= 0.3 is 0 Å². The number of nitrogens with zero attached hydrogens (tertiary/aromatic N) is 3. The number of aromatic nitrogens is 4. The summed E-state index contributed by atoms with van der Waals surface area (Å²) in [5.74, 6) is 1.47. The molecule has 2 aromatic rings. The Labute approximate surface area is 110 Å². The summed E-state index contributed by atoms with van der Waals surface area (Å²) in [4.78, 5) is 15.5. The lowest BCUT2D eigenvalue weighted by atomic mass is 9.89. The zero-order chi connectivity index (χ0) is 12.4. The number of fused-ring (bicyclic) bond motifs is 1. The van der Waals surface area contributed by atoms with Crippen molar-refractivity contribution in [2.45, 2.75) is 32.1 Å². The van der Waals surface area contributed by atoms with Crippen LogP contribution in [0, 0.1) is 5.92 Å². The van der Waals surface area contributed by atoms with E-state index in [9.17, 15) is 0 Å². The van der Waals surface area contributed by atoms with E-state index >= 15 is 0 Å². The second-order valence-corrected chi connectivity index (χ2v) is 5.16. The second-order valence-electron chi connectivity index (χ2n) is 4.83. The summed E-state index contributed by atoms with van der Waals surface area (Å²) in [6.07, 6.45) is 8.27. The third-order valence-corrected chi connectivity index (χ3v) is 3.70. The summed E-state index contributed by atoms with van der Waals surface area (Å²) < 4.78 is 0. The Morgan fingerprint density at radius 2 is 2.11 bits per heavy atom. The number of rotatable bonds is 3. The number of hydrogen-bond acceptors (Lipinski definition) is 4. The van der Waals surface area contributed by atoms with Gasteiger partial charge in [0.25, 0.3) is 0 Å². The van der Waals surface area contributed by atoms with Crippen LogP contribution in [0.3, 0.4) is 0 Å². The molecule has 0 atom stereocenters. The molecule has 0 saturated heterocycles. The van der Waals surface area contributed by atoms with Crippen LogP contribution in [0.4, 0.5) is 5.82 Å². The normalized spacial score (nSPS) is 17.2. The van der Waals surface area contributed by atoms with E-state index < -0.39 is 0 Å². The summed E-state index contributed by atoms with van der Waals surface area (Å²) in [6, 6.07) is 0. The van der Waals surface area contributed by atoms with Crippen molar-refractivity contribution in [2.24, 2.45) is 5.92 Å². The van der Waals surface area contributed by atoms with Gasteiger partial charge in [0.1, 0.15) is 5.52 Å². The van der Waals surface area contributed by atoms with E-state index in [1.165, 1.54) is 32.1 Å². The number of imidazole rings is 1. The maximum Gasteiger partial charge on any atom is 0.226 e. The fourth-order valence-electron chi connectivity index (χ4n) is 2.56. The second kappa shape index (κ2) is 5.10. The molecule has 1 aliphatic rings. The van der Waals surface area contributed by atoms with E-state index in [2.05, 4.69) is 25.3 Å². The average Bonchev–Trinajstić information content (AvgIpc) is 2.85. The predicted molar refractivity (Wildman–Crippen MR) is 71.8 cm³/mol. The van der Waals surface area contributed by atoms with Gasteiger partial charge in [0.15, 0.2) is 11.5 Å². The van der Waals surface area contributed by atoms with E-state index in [-0.39, 0.29) is 5.28 Å². The highest BCUT2D eigenvalue weighted by Crippen LogP contribution is 2.25. The van der Waals surface area contributed by atoms with Gasteiger partial charge < -0.3 is 10.3 Å². The predicted octanol–water partition coefficient (Wildman–Crippen LogP) is 3.00. The van der Waals surface area contributed by atoms with Crippen LogP contribution in [0.1, 0.15) is 32.1 Å². The van der Waals surface area contributed by atoms with Crippen molar-refractivity contribution in [1.82, 2.24) is 19.9 Å². The Bertz CT molecular complexity index is 532. The molecule has 3 rings (SSSR count). The third kappa shape index (κ3) is 2.41. The highest BCUT2D eigenvalue weighted by Gasteiger charge is 2.15.